The van der Waals surface area contributed by atoms with Gasteiger partial charge in [0.2, 0.25) is 0 Å². The molecule has 1 unspecified atom stereocenters. The summed E-state index contributed by atoms with van der Waals surface area (Å²) in [6.07, 6.45) is 2.14. The van der Waals surface area contributed by atoms with Crippen LogP contribution >= 0.6 is 0 Å². The number of nitrogens with one attached hydrogen (secondary N) is 1. The van der Waals surface area contributed by atoms with Gasteiger partial charge in [-0.2, -0.15) is 0 Å². The number of aliphatic carboxylic acids is 1. The molecule has 0 rings (SSSR count). The van der Waals surface area contributed by atoms with E-state index in [1.54, 1.807) is 0 Å². The minimum absolute atomic E-state index is 0.251. The van der Waals surface area contributed by atoms with Crippen LogP contribution in [0.15, 0.2) is 0 Å². The van der Waals surface area contributed by atoms with Crippen molar-refractivity contribution in [2.24, 2.45) is 0 Å². The van der Waals surface area contributed by atoms with Crippen LogP contribution in [0.25, 0.3) is 0 Å². The van der Waals surface area contributed by atoms with Crippen LogP contribution < -0.4 is 5.32 Å². The summed E-state index contributed by atoms with van der Waals surface area (Å²) in [5.41, 5.74) is 0. The van der Waals surface area contributed by atoms with Crippen molar-refractivity contribution in [2.45, 2.75) is 46.1 Å². The number of rotatable bonds is 10. The van der Waals surface area contributed by atoms with E-state index in [0.717, 1.165) is 26.2 Å². The van der Waals surface area contributed by atoms with Gasteiger partial charge in [0.1, 0.15) is 0 Å². The molecule has 2 N–H and O–H groups in total. The number of carboxylic acids is 1. The summed E-state index contributed by atoms with van der Waals surface area (Å²) in [6.45, 7) is 10.6. The predicted octanol–water partition coefficient (Wildman–Crippen LogP) is 1.56. The second-order valence-electron chi connectivity index (χ2n) is 4.22. The number of carbonyl (C=O) groups is 1. The van der Waals surface area contributed by atoms with Gasteiger partial charge in [-0.1, -0.05) is 13.8 Å². The van der Waals surface area contributed by atoms with E-state index in [-0.39, 0.29) is 12.5 Å². The maximum Gasteiger partial charge on any atom is 0.303 e. The van der Waals surface area contributed by atoms with Gasteiger partial charge < -0.3 is 15.3 Å². The van der Waals surface area contributed by atoms with Crippen LogP contribution in [0.3, 0.4) is 0 Å². The number of hydrogen-bond donors (Lipinski definition) is 2. The fourth-order valence-corrected chi connectivity index (χ4v) is 1.66. The van der Waals surface area contributed by atoms with Crippen molar-refractivity contribution in [1.29, 1.82) is 0 Å². The van der Waals surface area contributed by atoms with Gasteiger partial charge >= 0.3 is 5.97 Å². The van der Waals surface area contributed by atoms with Crippen LogP contribution in [0.4, 0.5) is 0 Å². The molecule has 0 heterocycles. The fourth-order valence-electron chi connectivity index (χ4n) is 1.66. The monoisotopic (exact) mass is 230 g/mol. The second-order valence-corrected chi connectivity index (χ2v) is 4.22. The second kappa shape index (κ2) is 9.60. The van der Waals surface area contributed by atoms with Crippen molar-refractivity contribution in [3.63, 3.8) is 0 Å². The average Bonchev–Trinajstić information content (AvgIpc) is 2.25. The van der Waals surface area contributed by atoms with Crippen molar-refractivity contribution in [3.05, 3.63) is 0 Å². The molecular formula is C12H26N2O2. The first kappa shape index (κ1) is 15.4. The SMILES string of the molecule is CCCN(CC)CCNC(C)CCC(=O)O. The molecule has 4 heteroatoms. The first-order chi connectivity index (χ1) is 7.60. The maximum absolute atomic E-state index is 10.4. The minimum Gasteiger partial charge on any atom is -0.481 e. The average molecular weight is 230 g/mol. The van der Waals surface area contributed by atoms with Gasteiger partial charge in [0.25, 0.3) is 0 Å². The Bertz CT molecular complexity index is 186. The highest BCUT2D eigenvalue weighted by molar-refractivity contribution is 5.66. The van der Waals surface area contributed by atoms with Crippen molar-refractivity contribution in [2.75, 3.05) is 26.2 Å². The molecule has 0 radical (unpaired) electrons. The van der Waals surface area contributed by atoms with Crippen molar-refractivity contribution < 1.29 is 9.90 Å². The smallest absolute Gasteiger partial charge is 0.303 e. The summed E-state index contributed by atoms with van der Waals surface area (Å²) in [5, 5.41) is 11.9. The molecule has 0 saturated heterocycles. The molecule has 4 nitrogen and oxygen atoms in total. The van der Waals surface area contributed by atoms with Gasteiger partial charge in [-0.15, -0.1) is 0 Å². The van der Waals surface area contributed by atoms with Crippen molar-refractivity contribution in [3.8, 4) is 0 Å². The Morgan fingerprint density at radius 1 is 1.38 bits per heavy atom. The first-order valence-electron chi connectivity index (χ1n) is 6.27. The van der Waals surface area contributed by atoms with Crippen LogP contribution in [0.2, 0.25) is 0 Å². The Morgan fingerprint density at radius 2 is 2.06 bits per heavy atom. The van der Waals surface area contributed by atoms with Crippen LogP contribution in [0.1, 0.15) is 40.0 Å². The third kappa shape index (κ3) is 8.68. The molecule has 0 aliphatic rings. The molecular weight excluding hydrogens is 204 g/mol. The molecule has 0 aromatic heterocycles. The summed E-state index contributed by atoms with van der Waals surface area (Å²) in [4.78, 5) is 12.8. The molecule has 0 amide bonds. The maximum atomic E-state index is 10.4. The number of hydrogen-bond acceptors (Lipinski definition) is 3. The van der Waals surface area contributed by atoms with E-state index in [9.17, 15) is 4.79 Å². The van der Waals surface area contributed by atoms with E-state index in [0.29, 0.717) is 6.42 Å². The molecule has 0 bridgehead atoms. The van der Waals surface area contributed by atoms with Crippen molar-refractivity contribution >= 4 is 5.97 Å². The lowest BCUT2D eigenvalue weighted by atomic mass is 10.2. The van der Waals surface area contributed by atoms with Crippen LogP contribution in [0.5, 0.6) is 0 Å². The van der Waals surface area contributed by atoms with Gasteiger partial charge in [0.05, 0.1) is 0 Å². The van der Waals surface area contributed by atoms with Gasteiger partial charge in [0.15, 0.2) is 0 Å². The summed E-state index contributed by atoms with van der Waals surface area (Å²) < 4.78 is 0. The van der Waals surface area contributed by atoms with Gasteiger partial charge in [-0.05, 0) is 32.9 Å². The Hall–Kier alpha value is -0.610. The van der Waals surface area contributed by atoms with E-state index >= 15 is 0 Å². The predicted molar refractivity (Wildman–Crippen MR) is 66.7 cm³/mol. The van der Waals surface area contributed by atoms with E-state index in [4.69, 9.17) is 5.11 Å². The van der Waals surface area contributed by atoms with Gasteiger partial charge in [-0.3, -0.25) is 4.79 Å². The van der Waals surface area contributed by atoms with E-state index in [1.807, 2.05) is 6.92 Å². The van der Waals surface area contributed by atoms with Crippen molar-refractivity contribution in [1.82, 2.24) is 10.2 Å². The summed E-state index contributed by atoms with van der Waals surface area (Å²) in [6, 6.07) is 0.288. The number of carboxylic acid groups (broad SMARTS) is 1. The van der Waals surface area contributed by atoms with Crippen LogP contribution in [-0.4, -0.2) is 48.2 Å². The lowest BCUT2D eigenvalue weighted by Crippen LogP contribution is -2.36. The minimum atomic E-state index is -0.713. The lowest BCUT2D eigenvalue weighted by molar-refractivity contribution is -0.137. The Balaban J connectivity index is 3.51. The molecule has 0 fully saturated rings. The summed E-state index contributed by atoms with van der Waals surface area (Å²) in [5.74, 6) is -0.713. The molecule has 0 aliphatic carbocycles. The van der Waals surface area contributed by atoms with Crippen LogP contribution in [-0.2, 0) is 4.79 Å². The largest absolute Gasteiger partial charge is 0.481 e. The van der Waals surface area contributed by atoms with E-state index < -0.39 is 5.97 Å². The normalized spacial score (nSPS) is 13.0. The molecule has 0 aromatic rings. The Kier molecular flexibility index (Phi) is 9.24. The molecule has 0 aliphatic heterocycles. The Labute approximate surface area is 99.0 Å². The number of likely N-dealkylation sites (N-methyl/N-ethyl adjacent to an activating group) is 1. The standard InChI is InChI=1S/C12H26N2O2/c1-4-9-14(5-2)10-8-13-11(3)6-7-12(15)16/h11,13H,4-10H2,1-3H3,(H,15,16). The van der Waals surface area contributed by atoms with Crippen LogP contribution in [0, 0.1) is 0 Å². The molecule has 16 heavy (non-hydrogen) atoms. The quantitative estimate of drug-likeness (QED) is 0.598. The third-order valence-corrected chi connectivity index (χ3v) is 2.70. The molecule has 1 atom stereocenters. The third-order valence-electron chi connectivity index (χ3n) is 2.70. The highest BCUT2D eigenvalue weighted by Gasteiger charge is 2.05. The highest BCUT2D eigenvalue weighted by atomic mass is 16.4. The molecule has 0 saturated carbocycles. The van der Waals surface area contributed by atoms with E-state index in [1.165, 1.54) is 6.42 Å². The zero-order chi connectivity index (χ0) is 12.4. The summed E-state index contributed by atoms with van der Waals surface area (Å²) >= 11 is 0. The molecule has 0 aromatic carbocycles. The Morgan fingerprint density at radius 3 is 2.56 bits per heavy atom. The highest BCUT2D eigenvalue weighted by Crippen LogP contribution is 1.96. The summed E-state index contributed by atoms with van der Waals surface area (Å²) in [7, 11) is 0. The zero-order valence-corrected chi connectivity index (χ0v) is 10.8. The van der Waals surface area contributed by atoms with Gasteiger partial charge in [-0.25, -0.2) is 0 Å². The molecule has 0 spiro atoms. The van der Waals surface area contributed by atoms with Gasteiger partial charge in [0, 0.05) is 25.6 Å². The fraction of sp³-hybridized carbons (Fsp3) is 0.917. The first-order valence-corrected chi connectivity index (χ1v) is 6.27. The topological polar surface area (TPSA) is 52.6 Å². The zero-order valence-electron chi connectivity index (χ0n) is 10.8. The number of nitrogens with zero attached hydrogens (tertiary/aromatic N) is 1. The van der Waals surface area contributed by atoms with E-state index in [2.05, 4.69) is 24.1 Å². The molecule has 96 valence electrons. The lowest BCUT2D eigenvalue weighted by Gasteiger charge is -2.21.